The predicted molar refractivity (Wildman–Crippen MR) is 196 cm³/mol. The molecule has 5 aromatic rings. The lowest BCUT2D eigenvalue weighted by molar-refractivity contribution is -0.116. The van der Waals surface area contributed by atoms with Gasteiger partial charge in [-0.1, -0.05) is 72.6 Å². The molecule has 5 rings (SSSR count). The molecule has 1 heterocycles. The number of amides is 3. The maximum Gasteiger partial charge on any atom is 0.272 e. The van der Waals surface area contributed by atoms with Gasteiger partial charge >= 0.3 is 0 Å². The normalized spacial score (nSPS) is 11.8. The van der Waals surface area contributed by atoms with Gasteiger partial charge in [0.05, 0.1) is 28.1 Å². The quantitative estimate of drug-likeness (QED) is 0.0878. The number of anilines is 2. The molecule has 0 bridgehead atoms. The molecule has 0 spiro atoms. The van der Waals surface area contributed by atoms with Crippen LogP contribution in [0.25, 0.3) is 17.3 Å². The van der Waals surface area contributed by atoms with Crippen LogP contribution in [0.15, 0.2) is 113 Å². The van der Waals surface area contributed by atoms with E-state index in [4.69, 9.17) is 27.9 Å². The Kier molecular flexibility index (Phi) is 11.9. The van der Waals surface area contributed by atoms with Gasteiger partial charge in [-0.25, -0.2) is 4.98 Å². The number of nitrogens with one attached hydrogen (secondary N) is 3. The van der Waals surface area contributed by atoms with E-state index in [-0.39, 0.29) is 11.6 Å². The minimum atomic E-state index is -0.511. The van der Waals surface area contributed by atoms with Crippen molar-refractivity contribution in [3.8, 4) is 17.0 Å². The highest BCUT2D eigenvalue weighted by molar-refractivity contribution is 8.00. The number of hydrogen-bond donors (Lipinski definition) is 3. The minimum Gasteiger partial charge on any atom is -0.497 e. The zero-order chi connectivity index (χ0) is 34.0. The van der Waals surface area contributed by atoms with E-state index in [2.05, 4.69) is 20.9 Å². The lowest BCUT2D eigenvalue weighted by Crippen LogP contribution is -2.30. The van der Waals surface area contributed by atoms with E-state index < -0.39 is 17.1 Å². The number of methoxy groups -OCH3 is 1. The Hall–Kier alpha value is -4.61. The molecule has 0 aliphatic rings. The van der Waals surface area contributed by atoms with Crippen molar-refractivity contribution >= 4 is 80.9 Å². The summed E-state index contributed by atoms with van der Waals surface area (Å²) in [5.74, 6) is -0.459. The van der Waals surface area contributed by atoms with Crippen LogP contribution < -0.4 is 20.7 Å². The van der Waals surface area contributed by atoms with E-state index in [0.29, 0.717) is 49.9 Å². The third-order valence-electron chi connectivity index (χ3n) is 6.94. The van der Waals surface area contributed by atoms with Gasteiger partial charge in [0.25, 0.3) is 11.8 Å². The molecule has 0 saturated carbocycles. The molecule has 0 fully saturated rings. The molecular weight excluding hydrogens is 687 g/mol. The van der Waals surface area contributed by atoms with E-state index in [0.717, 1.165) is 10.5 Å². The Bertz CT molecular complexity index is 1950. The lowest BCUT2D eigenvalue weighted by atomic mass is 10.1. The SMILES string of the molecule is CCC(Sc1cccc(NC(=O)/C(=C\c2ccc(OC)cc2)NC(=O)c2ccccc2)c1)C(=O)Nc1nc(-c2ccc(Cl)c(Cl)c2)cs1. The van der Waals surface area contributed by atoms with Gasteiger partial charge in [0.2, 0.25) is 5.91 Å². The predicted octanol–water partition coefficient (Wildman–Crippen LogP) is 9.04. The van der Waals surface area contributed by atoms with Gasteiger partial charge in [-0.2, -0.15) is 0 Å². The smallest absolute Gasteiger partial charge is 0.272 e. The Morgan fingerprint density at radius 3 is 2.40 bits per heavy atom. The van der Waals surface area contributed by atoms with Crippen molar-refractivity contribution in [3.63, 3.8) is 0 Å². The summed E-state index contributed by atoms with van der Waals surface area (Å²) in [6.07, 6.45) is 2.15. The lowest BCUT2D eigenvalue weighted by Gasteiger charge is -2.15. The van der Waals surface area contributed by atoms with Gasteiger partial charge < -0.3 is 20.7 Å². The molecule has 244 valence electrons. The van der Waals surface area contributed by atoms with Gasteiger partial charge in [-0.15, -0.1) is 23.1 Å². The number of nitrogens with zero attached hydrogens (tertiary/aromatic N) is 1. The fraction of sp³-hybridized carbons (Fsp3) is 0.111. The number of hydrogen-bond acceptors (Lipinski definition) is 7. The first kappa shape index (κ1) is 34.7. The summed E-state index contributed by atoms with van der Waals surface area (Å²) < 4.78 is 5.23. The topological polar surface area (TPSA) is 109 Å². The molecule has 1 unspecified atom stereocenters. The number of thiazole rings is 1. The molecule has 0 radical (unpaired) electrons. The molecule has 1 atom stereocenters. The maximum absolute atomic E-state index is 13.5. The Morgan fingerprint density at radius 2 is 1.69 bits per heavy atom. The van der Waals surface area contributed by atoms with Crippen LogP contribution in [0.3, 0.4) is 0 Å². The number of halogens is 2. The number of rotatable bonds is 12. The zero-order valence-corrected chi connectivity index (χ0v) is 29.0. The van der Waals surface area contributed by atoms with E-state index in [9.17, 15) is 14.4 Å². The average Bonchev–Trinajstić information content (AvgIpc) is 3.57. The van der Waals surface area contributed by atoms with Crippen molar-refractivity contribution in [2.24, 2.45) is 0 Å². The van der Waals surface area contributed by atoms with Gasteiger partial charge in [-0.05, 0) is 72.7 Å². The highest BCUT2D eigenvalue weighted by Crippen LogP contribution is 2.32. The number of carbonyl (C=O) groups excluding carboxylic acids is 3. The minimum absolute atomic E-state index is 0.0570. The number of ether oxygens (including phenoxy) is 1. The molecule has 12 heteroatoms. The fourth-order valence-electron chi connectivity index (χ4n) is 4.45. The summed E-state index contributed by atoms with van der Waals surface area (Å²) in [6, 6.07) is 28.2. The van der Waals surface area contributed by atoms with Gasteiger partial charge in [-0.3, -0.25) is 14.4 Å². The highest BCUT2D eigenvalue weighted by atomic mass is 35.5. The fourth-order valence-corrected chi connectivity index (χ4v) is 6.48. The van der Waals surface area contributed by atoms with Crippen molar-refractivity contribution in [2.75, 3.05) is 17.7 Å². The third-order valence-corrected chi connectivity index (χ3v) is 9.79. The van der Waals surface area contributed by atoms with E-state index >= 15 is 0 Å². The zero-order valence-electron chi connectivity index (χ0n) is 25.8. The van der Waals surface area contributed by atoms with Gasteiger partial charge in [0.15, 0.2) is 5.13 Å². The van der Waals surface area contributed by atoms with Crippen LogP contribution in [0.4, 0.5) is 10.8 Å². The van der Waals surface area contributed by atoms with Gasteiger partial charge in [0.1, 0.15) is 11.4 Å². The standard InChI is InChI=1S/C36H30Cl2N4O4S2/c1-3-32(35(45)42-36-41-31(21-47-36)24-14-17-28(37)29(38)19-24)48-27-11-7-10-25(20-27)39-34(44)30(18-22-12-15-26(46-2)16-13-22)40-33(43)23-8-5-4-6-9-23/h4-21,32H,3H2,1-2H3,(H,39,44)(H,40,43)(H,41,42,45)/b30-18+. The summed E-state index contributed by atoms with van der Waals surface area (Å²) in [5.41, 5.74) is 3.14. The number of thioether (sulfide) groups is 1. The second-order valence-electron chi connectivity index (χ2n) is 10.3. The molecule has 3 N–H and O–H groups in total. The van der Waals surface area contributed by atoms with E-state index in [1.54, 1.807) is 92.0 Å². The van der Waals surface area contributed by atoms with Gasteiger partial charge in [0, 0.05) is 27.1 Å². The van der Waals surface area contributed by atoms with Crippen molar-refractivity contribution in [2.45, 2.75) is 23.5 Å². The highest BCUT2D eigenvalue weighted by Gasteiger charge is 2.21. The molecule has 4 aromatic carbocycles. The molecule has 3 amide bonds. The van der Waals surface area contributed by atoms with Crippen molar-refractivity contribution < 1.29 is 19.1 Å². The van der Waals surface area contributed by atoms with Crippen LogP contribution >= 0.6 is 46.3 Å². The van der Waals surface area contributed by atoms with Crippen molar-refractivity contribution in [3.05, 3.63) is 129 Å². The molecule has 48 heavy (non-hydrogen) atoms. The molecule has 0 aliphatic heterocycles. The summed E-state index contributed by atoms with van der Waals surface area (Å²) >= 11 is 14.9. The Labute approximate surface area is 296 Å². The Morgan fingerprint density at radius 1 is 0.917 bits per heavy atom. The van der Waals surface area contributed by atoms with Crippen LogP contribution in [0, 0.1) is 0 Å². The van der Waals surface area contributed by atoms with Crippen LogP contribution in [0.5, 0.6) is 5.75 Å². The first-order valence-corrected chi connectivity index (χ1v) is 17.3. The first-order chi connectivity index (χ1) is 23.2. The summed E-state index contributed by atoms with van der Waals surface area (Å²) in [6.45, 7) is 1.93. The number of aromatic nitrogens is 1. The molecular formula is C36H30Cl2N4O4S2. The monoisotopic (exact) mass is 716 g/mol. The molecule has 8 nitrogen and oxygen atoms in total. The second kappa shape index (κ2) is 16.5. The van der Waals surface area contributed by atoms with Crippen LogP contribution in [0.2, 0.25) is 10.0 Å². The van der Waals surface area contributed by atoms with Crippen molar-refractivity contribution in [1.29, 1.82) is 0 Å². The summed E-state index contributed by atoms with van der Waals surface area (Å²) in [7, 11) is 1.57. The molecule has 0 aliphatic carbocycles. The second-order valence-corrected chi connectivity index (χ2v) is 13.3. The van der Waals surface area contributed by atoms with E-state index in [1.807, 2.05) is 30.5 Å². The van der Waals surface area contributed by atoms with Crippen LogP contribution in [-0.2, 0) is 9.59 Å². The Balaban J connectivity index is 1.27. The maximum atomic E-state index is 13.5. The molecule has 0 saturated heterocycles. The van der Waals surface area contributed by atoms with Crippen LogP contribution in [0.1, 0.15) is 29.3 Å². The first-order valence-electron chi connectivity index (χ1n) is 14.7. The summed E-state index contributed by atoms with van der Waals surface area (Å²) in [4.78, 5) is 45.1. The molecule has 1 aromatic heterocycles. The van der Waals surface area contributed by atoms with E-state index in [1.165, 1.54) is 23.1 Å². The number of benzene rings is 4. The van der Waals surface area contributed by atoms with Crippen LogP contribution in [-0.4, -0.2) is 35.1 Å². The van der Waals surface area contributed by atoms with Crippen molar-refractivity contribution in [1.82, 2.24) is 10.3 Å². The average molecular weight is 718 g/mol. The number of carbonyl (C=O) groups is 3. The third kappa shape index (κ3) is 9.26. The summed E-state index contributed by atoms with van der Waals surface area (Å²) in [5, 5.41) is 11.3. The largest absolute Gasteiger partial charge is 0.497 e.